The van der Waals surface area contributed by atoms with Gasteiger partial charge >= 0.3 is 7.60 Å². The molecule has 0 aliphatic carbocycles. The van der Waals surface area contributed by atoms with Gasteiger partial charge in [-0.3, -0.25) is 4.57 Å². The van der Waals surface area contributed by atoms with E-state index in [1.807, 2.05) is 36.4 Å². The van der Waals surface area contributed by atoms with Crippen molar-refractivity contribution in [3.63, 3.8) is 0 Å². The summed E-state index contributed by atoms with van der Waals surface area (Å²) in [5, 5.41) is 3.18. The van der Waals surface area contributed by atoms with Gasteiger partial charge in [0.25, 0.3) is 0 Å². The third-order valence-electron chi connectivity index (χ3n) is 3.14. The van der Waals surface area contributed by atoms with Gasteiger partial charge in [0, 0.05) is 31.8 Å². The Hall–Kier alpha value is -1.75. The van der Waals surface area contributed by atoms with Crippen LogP contribution >= 0.6 is 7.60 Å². The Kier molecular flexibility index (Phi) is 5.07. The number of hydrogen-bond donors (Lipinski definition) is 2. The van der Waals surface area contributed by atoms with Crippen molar-refractivity contribution in [3.05, 3.63) is 48.3 Å². The first-order valence-corrected chi connectivity index (χ1v) is 7.99. The summed E-state index contributed by atoms with van der Waals surface area (Å²) in [7, 11) is 1.01. The number of hydrogen-bond acceptors (Lipinski definition) is 5. The van der Waals surface area contributed by atoms with E-state index in [9.17, 15) is 4.57 Å². The third kappa shape index (κ3) is 3.47. The van der Waals surface area contributed by atoms with Gasteiger partial charge in [-0.1, -0.05) is 0 Å². The number of H-pyrrole nitrogens is 1. The number of methoxy groups -OCH3 is 1. The first-order valence-electron chi connectivity index (χ1n) is 6.38. The van der Waals surface area contributed by atoms with Gasteiger partial charge in [0.15, 0.2) is 5.78 Å². The standard InChI is InChI=1S/C14H19N2O4P/c1-18-12-8-6-11(7-9-12)16-14(13-5-4-10-15-13)21(17,19-2)20-3/h4-10,14-16H,1-3H3. The van der Waals surface area contributed by atoms with Crippen LogP contribution in [0.4, 0.5) is 5.69 Å². The second-order valence-corrected chi connectivity index (χ2v) is 6.63. The zero-order valence-electron chi connectivity index (χ0n) is 12.2. The summed E-state index contributed by atoms with van der Waals surface area (Å²) in [5.41, 5.74) is 1.50. The summed E-state index contributed by atoms with van der Waals surface area (Å²) in [5.74, 6) is 0.120. The normalized spacial score (nSPS) is 12.9. The quantitative estimate of drug-likeness (QED) is 0.764. The van der Waals surface area contributed by atoms with Crippen molar-refractivity contribution >= 4 is 13.3 Å². The lowest BCUT2D eigenvalue weighted by atomic mass is 10.3. The van der Waals surface area contributed by atoms with Crippen LogP contribution in [0.1, 0.15) is 11.5 Å². The maximum atomic E-state index is 12.7. The molecular formula is C14H19N2O4P. The molecule has 7 heteroatoms. The van der Waals surface area contributed by atoms with E-state index in [1.165, 1.54) is 14.2 Å². The molecule has 6 nitrogen and oxygen atoms in total. The van der Waals surface area contributed by atoms with Crippen molar-refractivity contribution in [2.45, 2.75) is 5.78 Å². The average molecular weight is 310 g/mol. The number of rotatable bonds is 7. The largest absolute Gasteiger partial charge is 0.497 e. The summed E-state index contributed by atoms with van der Waals surface area (Å²) in [4.78, 5) is 3.03. The highest BCUT2D eigenvalue weighted by atomic mass is 31.2. The highest BCUT2D eigenvalue weighted by Gasteiger charge is 2.36. The molecule has 0 bridgehead atoms. The molecule has 0 spiro atoms. The van der Waals surface area contributed by atoms with Crippen molar-refractivity contribution in [3.8, 4) is 5.75 Å². The average Bonchev–Trinajstić information content (AvgIpc) is 3.06. The molecule has 21 heavy (non-hydrogen) atoms. The molecule has 114 valence electrons. The van der Waals surface area contributed by atoms with Crippen molar-refractivity contribution < 1.29 is 18.3 Å². The molecule has 1 aromatic carbocycles. The van der Waals surface area contributed by atoms with Gasteiger partial charge in [-0.25, -0.2) is 0 Å². The molecule has 2 rings (SSSR count). The molecule has 1 aromatic heterocycles. The summed E-state index contributed by atoms with van der Waals surface area (Å²) in [6.07, 6.45) is 1.76. The van der Waals surface area contributed by atoms with Gasteiger partial charge in [0.2, 0.25) is 0 Å². The van der Waals surface area contributed by atoms with Gasteiger partial charge in [0.05, 0.1) is 7.11 Å². The van der Waals surface area contributed by atoms with Crippen molar-refractivity contribution in [2.24, 2.45) is 0 Å². The van der Waals surface area contributed by atoms with E-state index in [0.29, 0.717) is 0 Å². The molecule has 0 aliphatic rings. The summed E-state index contributed by atoms with van der Waals surface area (Å²) in [6, 6.07) is 11.0. The summed E-state index contributed by atoms with van der Waals surface area (Å²) >= 11 is 0. The number of ether oxygens (including phenoxy) is 1. The maximum Gasteiger partial charge on any atom is 0.358 e. The van der Waals surface area contributed by atoms with Gasteiger partial charge in [-0.2, -0.15) is 0 Å². The van der Waals surface area contributed by atoms with Crippen molar-refractivity contribution in [2.75, 3.05) is 26.6 Å². The van der Waals surface area contributed by atoms with Crippen LogP contribution in [0.5, 0.6) is 5.75 Å². The molecule has 2 aromatic rings. The maximum absolute atomic E-state index is 12.7. The highest BCUT2D eigenvalue weighted by molar-refractivity contribution is 7.54. The van der Waals surface area contributed by atoms with Crippen LogP contribution in [0.2, 0.25) is 0 Å². The Morgan fingerprint density at radius 1 is 1.10 bits per heavy atom. The molecule has 0 saturated carbocycles. The van der Waals surface area contributed by atoms with Crippen molar-refractivity contribution in [1.29, 1.82) is 0 Å². The molecule has 0 radical (unpaired) electrons. The molecule has 1 atom stereocenters. The molecule has 0 aliphatic heterocycles. The molecule has 0 fully saturated rings. The van der Waals surface area contributed by atoms with E-state index in [-0.39, 0.29) is 0 Å². The van der Waals surface area contributed by atoms with Gasteiger partial charge in [-0.05, 0) is 36.4 Å². The second-order valence-electron chi connectivity index (χ2n) is 4.31. The predicted octanol–water partition coefficient (Wildman–Crippen LogP) is 3.62. The van der Waals surface area contributed by atoms with Crippen LogP contribution in [0.3, 0.4) is 0 Å². The summed E-state index contributed by atoms with van der Waals surface area (Å²) in [6.45, 7) is 0. The molecule has 2 N–H and O–H groups in total. The van der Waals surface area contributed by atoms with E-state index >= 15 is 0 Å². The first-order chi connectivity index (χ1) is 10.1. The van der Waals surface area contributed by atoms with Crippen LogP contribution in [0, 0.1) is 0 Å². The molecule has 1 unspecified atom stereocenters. The fourth-order valence-electron chi connectivity index (χ4n) is 1.97. The monoisotopic (exact) mass is 310 g/mol. The summed E-state index contributed by atoms with van der Waals surface area (Å²) < 4.78 is 28.1. The Morgan fingerprint density at radius 3 is 2.24 bits per heavy atom. The van der Waals surface area contributed by atoms with E-state index in [2.05, 4.69) is 10.3 Å². The zero-order valence-corrected chi connectivity index (χ0v) is 13.1. The SMILES string of the molecule is COc1ccc(NC(c2ccc[nH]2)P(=O)(OC)OC)cc1. The molecular weight excluding hydrogens is 291 g/mol. The third-order valence-corrected chi connectivity index (χ3v) is 5.19. The van der Waals surface area contributed by atoms with E-state index in [4.69, 9.17) is 13.8 Å². The smallest absolute Gasteiger partial charge is 0.358 e. The first kappa shape index (κ1) is 15.6. The van der Waals surface area contributed by atoms with E-state index < -0.39 is 13.4 Å². The number of nitrogens with one attached hydrogen (secondary N) is 2. The van der Waals surface area contributed by atoms with Crippen LogP contribution in [0.25, 0.3) is 0 Å². The lowest BCUT2D eigenvalue weighted by Gasteiger charge is -2.25. The lowest BCUT2D eigenvalue weighted by molar-refractivity contribution is 0.268. The topological polar surface area (TPSA) is 72.6 Å². The van der Waals surface area contributed by atoms with Crippen molar-refractivity contribution in [1.82, 2.24) is 4.98 Å². The fourth-order valence-corrected chi connectivity index (χ4v) is 3.35. The predicted molar refractivity (Wildman–Crippen MR) is 81.8 cm³/mol. The minimum atomic E-state index is -3.34. The Bertz CT molecular complexity index is 590. The number of anilines is 1. The second kappa shape index (κ2) is 6.80. The molecule has 0 amide bonds. The Morgan fingerprint density at radius 2 is 1.76 bits per heavy atom. The Labute approximate surface area is 124 Å². The van der Waals surface area contributed by atoms with Crippen LogP contribution in [0.15, 0.2) is 42.6 Å². The van der Waals surface area contributed by atoms with E-state index in [0.717, 1.165) is 17.1 Å². The number of aromatic nitrogens is 1. The number of benzene rings is 1. The fraction of sp³-hybridized carbons (Fsp3) is 0.286. The van der Waals surface area contributed by atoms with Crippen LogP contribution in [-0.2, 0) is 13.6 Å². The molecule has 1 heterocycles. The molecule has 0 saturated heterocycles. The van der Waals surface area contributed by atoms with Gasteiger partial charge < -0.3 is 24.1 Å². The van der Waals surface area contributed by atoms with Gasteiger partial charge in [-0.15, -0.1) is 0 Å². The van der Waals surface area contributed by atoms with Crippen LogP contribution in [-0.4, -0.2) is 26.3 Å². The highest BCUT2D eigenvalue weighted by Crippen LogP contribution is 2.59. The van der Waals surface area contributed by atoms with Gasteiger partial charge in [0.1, 0.15) is 5.75 Å². The minimum Gasteiger partial charge on any atom is -0.497 e. The minimum absolute atomic E-state index is 0.629. The zero-order chi connectivity index (χ0) is 15.3. The van der Waals surface area contributed by atoms with E-state index in [1.54, 1.807) is 13.3 Å². The number of aromatic amines is 1. The Balaban J connectivity index is 2.30. The lowest BCUT2D eigenvalue weighted by Crippen LogP contribution is -2.14. The van der Waals surface area contributed by atoms with Crippen LogP contribution < -0.4 is 10.1 Å².